The van der Waals surface area contributed by atoms with Gasteiger partial charge in [-0.25, -0.2) is 4.98 Å². The summed E-state index contributed by atoms with van der Waals surface area (Å²) in [6, 6.07) is 15.8. The first kappa shape index (κ1) is 18.4. The summed E-state index contributed by atoms with van der Waals surface area (Å²) in [6.45, 7) is 0.722. The van der Waals surface area contributed by atoms with Crippen molar-refractivity contribution in [1.82, 2.24) is 9.55 Å². The Morgan fingerprint density at radius 2 is 1.83 bits per heavy atom. The number of hydrogen-bond acceptors (Lipinski definition) is 4. The van der Waals surface area contributed by atoms with E-state index in [-0.39, 0.29) is 23.3 Å². The molecular weight excluding hydrogens is 382 g/mol. The molecule has 0 atom stereocenters. The van der Waals surface area contributed by atoms with Crippen molar-refractivity contribution in [3.05, 3.63) is 64.4 Å². The molecule has 5 nitrogen and oxygen atoms in total. The summed E-state index contributed by atoms with van der Waals surface area (Å²) in [5.74, 6) is 0.353. The van der Waals surface area contributed by atoms with Crippen LogP contribution in [-0.4, -0.2) is 27.8 Å². The van der Waals surface area contributed by atoms with Crippen LogP contribution in [0.1, 0.15) is 37.3 Å². The van der Waals surface area contributed by atoms with E-state index in [9.17, 15) is 9.59 Å². The Balaban J connectivity index is 1.45. The second-order valence-electron chi connectivity index (χ2n) is 7.74. The molecule has 2 aromatic carbocycles. The number of rotatable bonds is 4. The number of carbonyl (C=O) groups excluding carboxylic acids is 1. The Hall–Kier alpha value is -2.60. The van der Waals surface area contributed by atoms with Crippen LogP contribution in [0.2, 0.25) is 0 Å². The van der Waals surface area contributed by atoms with Gasteiger partial charge >= 0.3 is 0 Å². The summed E-state index contributed by atoms with van der Waals surface area (Å²) >= 11 is 1.39. The molecule has 0 unspecified atom stereocenters. The minimum absolute atomic E-state index is 0.0176. The molecule has 1 fully saturated rings. The molecule has 1 aliphatic carbocycles. The van der Waals surface area contributed by atoms with Crippen LogP contribution in [-0.2, 0) is 11.2 Å². The smallest absolute Gasteiger partial charge is 0.262 e. The van der Waals surface area contributed by atoms with E-state index < -0.39 is 0 Å². The van der Waals surface area contributed by atoms with Gasteiger partial charge in [0.05, 0.1) is 16.7 Å². The van der Waals surface area contributed by atoms with Crippen LogP contribution in [0.3, 0.4) is 0 Å². The van der Waals surface area contributed by atoms with Crippen LogP contribution in [0, 0.1) is 0 Å². The summed E-state index contributed by atoms with van der Waals surface area (Å²) < 4.78 is 1.85. The maximum Gasteiger partial charge on any atom is 0.262 e. The first-order valence-corrected chi connectivity index (χ1v) is 11.2. The lowest BCUT2D eigenvalue weighted by Crippen LogP contribution is -2.31. The van der Waals surface area contributed by atoms with Gasteiger partial charge in [-0.2, -0.15) is 0 Å². The van der Waals surface area contributed by atoms with Gasteiger partial charge in [-0.05, 0) is 43.0 Å². The Morgan fingerprint density at radius 1 is 1.07 bits per heavy atom. The van der Waals surface area contributed by atoms with Crippen molar-refractivity contribution in [1.29, 1.82) is 0 Å². The number of para-hydroxylation sites is 2. The third-order valence-electron chi connectivity index (χ3n) is 5.98. The molecule has 6 heteroatoms. The number of aromatic nitrogens is 2. The zero-order valence-electron chi connectivity index (χ0n) is 16.2. The van der Waals surface area contributed by atoms with E-state index in [1.54, 1.807) is 0 Å². The fraction of sp³-hybridized carbons (Fsp3) is 0.348. The van der Waals surface area contributed by atoms with Crippen LogP contribution < -0.4 is 10.5 Å². The monoisotopic (exact) mass is 405 g/mol. The third-order valence-corrected chi connectivity index (χ3v) is 6.92. The molecule has 0 spiro atoms. The maximum absolute atomic E-state index is 13.2. The molecule has 2 heterocycles. The number of fused-ring (bicyclic) bond motifs is 2. The summed E-state index contributed by atoms with van der Waals surface area (Å²) in [5.41, 5.74) is 2.95. The minimum Gasteiger partial charge on any atom is -0.311 e. The van der Waals surface area contributed by atoms with E-state index in [4.69, 9.17) is 4.98 Å². The Labute approximate surface area is 173 Å². The highest BCUT2D eigenvalue weighted by Crippen LogP contribution is 2.33. The van der Waals surface area contributed by atoms with E-state index in [2.05, 4.69) is 6.07 Å². The van der Waals surface area contributed by atoms with E-state index in [1.807, 2.05) is 51.9 Å². The highest BCUT2D eigenvalue weighted by atomic mass is 32.2. The molecule has 1 saturated carbocycles. The molecule has 0 radical (unpaired) electrons. The first-order valence-electron chi connectivity index (χ1n) is 10.2. The summed E-state index contributed by atoms with van der Waals surface area (Å²) in [4.78, 5) is 32.8. The van der Waals surface area contributed by atoms with E-state index in [1.165, 1.54) is 17.3 Å². The van der Waals surface area contributed by atoms with Gasteiger partial charge in [0.1, 0.15) is 0 Å². The lowest BCUT2D eigenvalue weighted by Gasteiger charge is -2.20. The highest BCUT2D eigenvalue weighted by molar-refractivity contribution is 7.99. The Bertz CT molecular complexity index is 1130. The fourth-order valence-electron chi connectivity index (χ4n) is 4.51. The lowest BCUT2D eigenvalue weighted by atomic mass is 10.2. The molecule has 148 valence electrons. The summed E-state index contributed by atoms with van der Waals surface area (Å²) in [7, 11) is 0. The van der Waals surface area contributed by atoms with Gasteiger partial charge in [-0.1, -0.05) is 54.9 Å². The minimum atomic E-state index is 0.0176. The normalized spacial score (nSPS) is 16.5. The first-order chi connectivity index (χ1) is 14.2. The number of anilines is 1. The molecule has 1 aliphatic heterocycles. The van der Waals surface area contributed by atoms with Crippen LogP contribution in [0.15, 0.2) is 58.5 Å². The second kappa shape index (κ2) is 7.67. The van der Waals surface area contributed by atoms with Crippen molar-refractivity contribution in [2.45, 2.75) is 43.3 Å². The van der Waals surface area contributed by atoms with Crippen molar-refractivity contribution >= 4 is 34.3 Å². The van der Waals surface area contributed by atoms with Crippen LogP contribution in [0.5, 0.6) is 0 Å². The van der Waals surface area contributed by atoms with Gasteiger partial charge in [0.25, 0.3) is 5.56 Å². The lowest BCUT2D eigenvalue weighted by molar-refractivity contribution is -0.116. The number of carbonyl (C=O) groups is 1. The highest BCUT2D eigenvalue weighted by Gasteiger charge is 2.26. The molecule has 0 saturated heterocycles. The SMILES string of the molecule is O=C(CSc1nc2ccccc2c(=O)n1C1CCCC1)N1CCc2ccccc21. The Kier molecular flexibility index (Phi) is 4.87. The predicted molar refractivity (Wildman–Crippen MR) is 117 cm³/mol. The number of benzene rings is 2. The standard InChI is InChI=1S/C23H23N3O2S/c27-21(25-14-13-16-7-1-6-12-20(16)25)15-29-23-24-19-11-5-4-10-18(19)22(28)26(23)17-8-2-3-9-17/h1,4-7,10-12,17H,2-3,8-9,13-15H2. The van der Waals surface area contributed by atoms with E-state index in [0.29, 0.717) is 16.1 Å². The fourth-order valence-corrected chi connectivity index (χ4v) is 5.46. The average Bonchev–Trinajstić information content (AvgIpc) is 3.42. The molecule has 3 aromatic rings. The molecular formula is C23H23N3O2S. The van der Waals surface area contributed by atoms with Gasteiger partial charge in [0.2, 0.25) is 5.91 Å². The van der Waals surface area contributed by atoms with Crippen molar-refractivity contribution in [3.63, 3.8) is 0 Å². The predicted octanol–water partition coefficient (Wildman–Crippen LogP) is 4.19. The summed E-state index contributed by atoms with van der Waals surface area (Å²) in [6.07, 6.45) is 5.17. The van der Waals surface area contributed by atoms with Gasteiger partial charge < -0.3 is 4.90 Å². The van der Waals surface area contributed by atoms with Crippen molar-refractivity contribution in [2.75, 3.05) is 17.2 Å². The molecule has 0 bridgehead atoms. The van der Waals surface area contributed by atoms with Gasteiger partial charge in [-0.3, -0.25) is 14.2 Å². The number of amides is 1. The number of thioether (sulfide) groups is 1. The summed E-state index contributed by atoms with van der Waals surface area (Å²) in [5, 5.41) is 1.32. The van der Waals surface area contributed by atoms with E-state index in [0.717, 1.165) is 44.3 Å². The quantitative estimate of drug-likeness (QED) is 0.482. The third kappa shape index (κ3) is 3.35. The molecule has 1 aromatic heterocycles. The van der Waals surface area contributed by atoms with Crippen molar-refractivity contribution in [3.8, 4) is 0 Å². The average molecular weight is 406 g/mol. The molecule has 5 rings (SSSR count). The maximum atomic E-state index is 13.2. The zero-order chi connectivity index (χ0) is 19.8. The van der Waals surface area contributed by atoms with E-state index >= 15 is 0 Å². The van der Waals surface area contributed by atoms with Crippen LogP contribution in [0.25, 0.3) is 10.9 Å². The van der Waals surface area contributed by atoms with Crippen LogP contribution in [0.4, 0.5) is 5.69 Å². The number of nitrogens with zero attached hydrogens (tertiary/aromatic N) is 3. The molecule has 1 amide bonds. The van der Waals surface area contributed by atoms with Crippen molar-refractivity contribution < 1.29 is 4.79 Å². The molecule has 2 aliphatic rings. The zero-order valence-corrected chi connectivity index (χ0v) is 17.0. The second-order valence-corrected chi connectivity index (χ2v) is 8.68. The van der Waals surface area contributed by atoms with Gasteiger partial charge in [-0.15, -0.1) is 0 Å². The largest absolute Gasteiger partial charge is 0.311 e. The molecule has 29 heavy (non-hydrogen) atoms. The molecule has 0 N–H and O–H groups in total. The number of hydrogen-bond donors (Lipinski definition) is 0. The van der Waals surface area contributed by atoms with Crippen LogP contribution >= 0.6 is 11.8 Å². The van der Waals surface area contributed by atoms with Gasteiger partial charge in [0, 0.05) is 18.3 Å². The Morgan fingerprint density at radius 3 is 2.69 bits per heavy atom. The topological polar surface area (TPSA) is 55.2 Å². The van der Waals surface area contributed by atoms with Gasteiger partial charge in [0.15, 0.2) is 5.16 Å². The van der Waals surface area contributed by atoms with Crippen molar-refractivity contribution in [2.24, 2.45) is 0 Å².